The predicted octanol–water partition coefficient (Wildman–Crippen LogP) is 4.84. The number of nitrogens with zero attached hydrogens (tertiary/aromatic N) is 3. The van der Waals surface area contributed by atoms with Gasteiger partial charge in [-0.15, -0.1) is 0 Å². The van der Waals surface area contributed by atoms with Gasteiger partial charge in [-0.25, -0.2) is 4.39 Å². The molecule has 2 aromatic carbocycles. The highest BCUT2D eigenvalue weighted by Gasteiger charge is 2.36. The molecular weight excluding hydrogens is 397 g/mol. The Bertz CT molecular complexity index is 1020. The maximum Gasteiger partial charge on any atom is 0.232 e. The number of ether oxygens (including phenoxy) is 1. The summed E-state index contributed by atoms with van der Waals surface area (Å²) in [5.41, 5.74) is 1.27. The topological polar surface area (TPSA) is 68.5 Å². The fourth-order valence-electron chi connectivity index (χ4n) is 3.24. The van der Waals surface area contributed by atoms with E-state index in [9.17, 15) is 9.18 Å². The van der Waals surface area contributed by atoms with Crippen LogP contribution in [0, 0.1) is 5.82 Å². The number of rotatable bonds is 6. The second kappa shape index (κ2) is 8.21. The SMILES string of the molecule is CCCOc1ccc(-c2noc(C3CC(=O)N(c4ccc(F)cc4Cl)C3)n2)cc1. The van der Waals surface area contributed by atoms with Crippen molar-refractivity contribution < 1.29 is 18.4 Å². The minimum absolute atomic E-state index is 0.124. The number of carbonyl (C=O) groups excluding carboxylic acids is 1. The molecule has 0 saturated carbocycles. The van der Waals surface area contributed by atoms with E-state index >= 15 is 0 Å². The average molecular weight is 416 g/mol. The average Bonchev–Trinajstić information content (AvgIpc) is 3.34. The van der Waals surface area contributed by atoms with E-state index in [1.54, 1.807) is 0 Å². The molecule has 2 heterocycles. The van der Waals surface area contributed by atoms with Crippen LogP contribution in [0.1, 0.15) is 31.6 Å². The van der Waals surface area contributed by atoms with Crippen LogP contribution in [0.3, 0.4) is 0 Å². The van der Waals surface area contributed by atoms with E-state index in [1.807, 2.05) is 31.2 Å². The number of aromatic nitrogens is 2. The molecule has 1 aromatic heterocycles. The largest absolute Gasteiger partial charge is 0.494 e. The third kappa shape index (κ3) is 4.10. The van der Waals surface area contributed by atoms with Gasteiger partial charge in [0.2, 0.25) is 17.6 Å². The molecule has 3 aromatic rings. The zero-order valence-electron chi connectivity index (χ0n) is 15.8. The van der Waals surface area contributed by atoms with Crippen LogP contribution >= 0.6 is 11.6 Å². The van der Waals surface area contributed by atoms with Crippen molar-refractivity contribution in [2.24, 2.45) is 0 Å². The van der Waals surface area contributed by atoms with Crippen LogP contribution in [-0.2, 0) is 4.79 Å². The first-order chi connectivity index (χ1) is 14.0. The van der Waals surface area contributed by atoms with Crippen LogP contribution in [-0.4, -0.2) is 29.2 Å². The fourth-order valence-corrected chi connectivity index (χ4v) is 3.51. The van der Waals surface area contributed by atoms with Gasteiger partial charge in [-0.1, -0.05) is 23.7 Å². The summed E-state index contributed by atoms with van der Waals surface area (Å²) in [5, 5.41) is 4.23. The highest BCUT2D eigenvalue weighted by atomic mass is 35.5. The molecule has 1 atom stereocenters. The van der Waals surface area contributed by atoms with E-state index < -0.39 is 5.82 Å². The Morgan fingerprint density at radius 3 is 2.79 bits per heavy atom. The number of hydrogen-bond donors (Lipinski definition) is 0. The molecule has 1 unspecified atom stereocenters. The molecule has 0 spiro atoms. The number of carbonyl (C=O) groups is 1. The standard InChI is InChI=1S/C21H19ClFN3O3/c1-2-9-28-16-6-3-13(4-7-16)20-24-21(29-25-20)14-10-19(27)26(12-14)18-8-5-15(23)11-17(18)22/h3-8,11,14H,2,9-10,12H2,1H3. The van der Waals surface area contributed by atoms with Crippen LogP contribution in [0.2, 0.25) is 5.02 Å². The Hall–Kier alpha value is -2.93. The van der Waals surface area contributed by atoms with Gasteiger partial charge in [-0.2, -0.15) is 4.98 Å². The number of hydrogen-bond acceptors (Lipinski definition) is 5. The molecule has 1 aliphatic heterocycles. The summed E-state index contributed by atoms with van der Waals surface area (Å²) in [6.07, 6.45) is 1.16. The molecule has 0 radical (unpaired) electrons. The number of benzene rings is 2. The van der Waals surface area contributed by atoms with Gasteiger partial charge in [0, 0.05) is 18.5 Å². The first-order valence-corrected chi connectivity index (χ1v) is 9.75. The molecule has 1 saturated heterocycles. The van der Waals surface area contributed by atoms with Gasteiger partial charge in [0.05, 0.1) is 23.2 Å². The van der Waals surface area contributed by atoms with Crippen LogP contribution < -0.4 is 9.64 Å². The molecule has 29 heavy (non-hydrogen) atoms. The Balaban J connectivity index is 1.49. The van der Waals surface area contributed by atoms with Crippen molar-refractivity contribution in [1.82, 2.24) is 10.1 Å². The van der Waals surface area contributed by atoms with Gasteiger partial charge < -0.3 is 14.2 Å². The van der Waals surface area contributed by atoms with Crippen LogP contribution in [0.15, 0.2) is 47.0 Å². The van der Waals surface area contributed by atoms with E-state index in [4.69, 9.17) is 20.9 Å². The van der Waals surface area contributed by atoms with Crippen molar-refractivity contribution in [3.63, 3.8) is 0 Å². The quantitative estimate of drug-likeness (QED) is 0.576. The molecule has 6 nitrogen and oxygen atoms in total. The van der Waals surface area contributed by atoms with Crippen molar-refractivity contribution in [3.05, 3.63) is 59.2 Å². The van der Waals surface area contributed by atoms with Gasteiger partial charge in [-0.3, -0.25) is 4.79 Å². The first kappa shape index (κ1) is 19.4. The molecule has 8 heteroatoms. The van der Waals surface area contributed by atoms with Crippen LogP contribution in [0.4, 0.5) is 10.1 Å². The summed E-state index contributed by atoms with van der Waals surface area (Å²) in [6, 6.07) is 11.4. The van der Waals surface area contributed by atoms with E-state index in [-0.39, 0.29) is 23.3 Å². The molecule has 0 bridgehead atoms. The minimum atomic E-state index is -0.449. The van der Waals surface area contributed by atoms with Crippen molar-refractivity contribution in [3.8, 4) is 17.1 Å². The minimum Gasteiger partial charge on any atom is -0.494 e. The van der Waals surface area contributed by atoms with Crippen molar-refractivity contribution in [1.29, 1.82) is 0 Å². The van der Waals surface area contributed by atoms with Gasteiger partial charge in [0.25, 0.3) is 0 Å². The maximum absolute atomic E-state index is 13.3. The normalized spacial score (nSPS) is 16.4. The second-order valence-electron chi connectivity index (χ2n) is 6.83. The summed E-state index contributed by atoms with van der Waals surface area (Å²) >= 11 is 6.10. The molecule has 150 valence electrons. The molecule has 0 aliphatic carbocycles. The van der Waals surface area contributed by atoms with Crippen molar-refractivity contribution in [2.45, 2.75) is 25.7 Å². The summed E-state index contributed by atoms with van der Waals surface area (Å²) in [4.78, 5) is 18.5. The van der Waals surface area contributed by atoms with Crippen molar-refractivity contribution in [2.75, 3.05) is 18.1 Å². The van der Waals surface area contributed by atoms with Crippen molar-refractivity contribution >= 4 is 23.2 Å². The molecule has 1 amide bonds. The maximum atomic E-state index is 13.3. The third-order valence-corrected chi connectivity index (χ3v) is 5.00. The lowest BCUT2D eigenvalue weighted by Gasteiger charge is -2.17. The van der Waals surface area contributed by atoms with Gasteiger partial charge in [0.1, 0.15) is 11.6 Å². The summed E-state index contributed by atoms with van der Waals surface area (Å²) < 4.78 is 24.3. The molecule has 1 aliphatic rings. The first-order valence-electron chi connectivity index (χ1n) is 9.37. The van der Waals surface area contributed by atoms with E-state index in [0.717, 1.165) is 17.7 Å². The highest BCUT2D eigenvalue weighted by molar-refractivity contribution is 6.33. The summed E-state index contributed by atoms with van der Waals surface area (Å²) in [6.45, 7) is 3.06. The number of amides is 1. The Labute approximate surface area is 172 Å². The van der Waals surface area contributed by atoms with Gasteiger partial charge in [-0.05, 0) is 48.9 Å². The van der Waals surface area contributed by atoms with E-state index in [2.05, 4.69) is 10.1 Å². The number of halogens is 2. The van der Waals surface area contributed by atoms with E-state index in [1.165, 1.54) is 23.1 Å². The summed E-state index contributed by atoms with van der Waals surface area (Å²) in [7, 11) is 0. The third-order valence-electron chi connectivity index (χ3n) is 4.70. The number of anilines is 1. The molecular formula is C21H19ClFN3O3. The summed E-state index contributed by atoms with van der Waals surface area (Å²) in [5.74, 6) is 0.799. The Morgan fingerprint density at radius 1 is 1.28 bits per heavy atom. The molecule has 1 fully saturated rings. The lowest BCUT2D eigenvalue weighted by atomic mass is 10.1. The lowest BCUT2D eigenvalue weighted by molar-refractivity contribution is -0.117. The second-order valence-corrected chi connectivity index (χ2v) is 7.24. The Kier molecular flexibility index (Phi) is 5.49. The smallest absolute Gasteiger partial charge is 0.232 e. The fraction of sp³-hybridized carbons (Fsp3) is 0.286. The zero-order valence-corrected chi connectivity index (χ0v) is 16.5. The van der Waals surface area contributed by atoms with Crippen LogP contribution in [0.25, 0.3) is 11.4 Å². The molecule has 4 rings (SSSR count). The molecule has 0 N–H and O–H groups in total. The lowest BCUT2D eigenvalue weighted by Crippen LogP contribution is -2.24. The van der Waals surface area contributed by atoms with Crippen LogP contribution in [0.5, 0.6) is 5.75 Å². The Morgan fingerprint density at radius 2 is 2.07 bits per heavy atom. The predicted molar refractivity (Wildman–Crippen MR) is 107 cm³/mol. The van der Waals surface area contributed by atoms with E-state index in [0.29, 0.717) is 30.6 Å². The van der Waals surface area contributed by atoms with Gasteiger partial charge in [0.15, 0.2) is 0 Å². The monoisotopic (exact) mass is 415 g/mol. The van der Waals surface area contributed by atoms with Gasteiger partial charge >= 0.3 is 0 Å². The zero-order chi connectivity index (χ0) is 20.4. The highest BCUT2D eigenvalue weighted by Crippen LogP contribution is 2.35.